The molecule has 1 aromatic carbocycles. The van der Waals surface area contributed by atoms with Crippen molar-refractivity contribution < 1.29 is 33.4 Å². The number of nitrogens with one attached hydrogen (secondary N) is 2. The van der Waals surface area contributed by atoms with Gasteiger partial charge >= 0.3 is 6.09 Å². The van der Waals surface area contributed by atoms with E-state index in [9.17, 15) is 19.5 Å². The summed E-state index contributed by atoms with van der Waals surface area (Å²) in [4.78, 5) is 50.1. The third-order valence-corrected chi connectivity index (χ3v) is 9.43. The number of carbonyl (C=O) groups excluding carboxylic acids is 3. The largest absolute Gasteiger partial charge is 0.506 e. The van der Waals surface area contributed by atoms with Crippen molar-refractivity contribution in [1.29, 1.82) is 0 Å². The smallest absolute Gasteiger partial charge is 0.408 e. The summed E-state index contributed by atoms with van der Waals surface area (Å²) in [6.07, 6.45) is 3.00. The first-order valence-corrected chi connectivity index (χ1v) is 16.3. The van der Waals surface area contributed by atoms with E-state index in [0.717, 1.165) is 12.8 Å². The van der Waals surface area contributed by atoms with Gasteiger partial charge in [0.05, 0.1) is 17.8 Å². The van der Waals surface area contributed by atoms with Gasteiger partial charge in [0.2, 0.25) is 11.8 Å². The number of alkyl carbamates (subject to hydrolysis) is 1. The summed E-state index contributed by atoms with van der Waals surface area (Å²) < 4.78 is 17.7. The van der Waals surface area contributed by atoms with E-state index in [1.807, 2.05) is 34.6 Å². The summed E-state index contributed by atoms with van der Waals surface area (Å²) >= 11 is 6.48. The fraction of sp³-hybridized carbons (Fsp3) is 0.545. The lowest BCUT2D eigenvalue weighted by molar-refractivity contribution is -0.141. The molecule has 3 aliphatic rings. The number of phenolic OH excluding ortho intramolecular Hbond substituents is 1. The average Bonchev–Trinajstić information content (AvgIpc) is 3.34. The zero-order valence-corrected chi connectivity index (χ0v) is 27.8. The van der Waals surface area contributed by atoms with Crippen molar-refractivity contribution in [3.05, 3.63) is 29.5 Å². The van der Waals surface area contributed by atoms with Crippen LogP contribution in [0.1, 0.15) is 60.3 Å². The van der Waals surface area contributed by atoms with Crippen molar-refractivity contribution in [1.82, 2.24) is 20.2 Å². The van der Waals surface area contributed by atoms with Crippen LogP contribution in [0, 0.1) is 17.3 Å². The Balaban J connectivity index is 1.25. The Bertz CT molecular complexity index is 1690. The van der Waals surface area contributed by atoms with Gasteiger partial charge in [-0.15, -0.1) is 0 Å². The quantitative estimate of drug-likeness (QED) is 0.246. The van der Waals surface area contributed by atoms with Crippen LogP contribution in [0.4, 0.5) is 10.8 Å². The molecule has 1 saturated heterocycles. The molecule has 3 amide bonds. The molecule has 252 valence electrons. The molecule has 47 heavy (non-hydrogen) atoms. The number of aromatic hydroxyl groups is 1. The standard InChI is InChI=1S/C33H41ClN6O7/c1-15(2)36-31-38-22(14-45-31)21-12-25(20-6-7-24(41)26(34)27(20)37-21)46-19-11-23(29(35)42)40(13-19)30(43)28(33(3,4)5)39-32(44)47-18-9-16-8-17(16)10-18/h6-7,12,14-19,23,28,41H,8-11,13H2,1-5H3,(H2,35,42)(H,36,38)(H,39,44)/t16-,17+,18+,19-,23+,28-/m1/s1. The fourth-order valence-corrected chi connectivity index (χ4v) is 6.81. The van der Waals surface area contributed by atoms with Gasteiger partial charge in [0.25, 0.3) is 6.01 Å². The first kappa shape index (κ1) is 32.7. The van der Waals surface area contributed by atoms with E-state index in [2.05, 4.69) is 20.6 Å². The second-order valence-electron chi connectivity index (χ2n) is 14.2. The summed E-state index contributed by atoms with van der Waals surface area (Å²) in [6, 6.07) is 3.16. The van der Waals surface area contributed by atoms with Gasteiger partial charge in [-0.05, 0) is 62.5 Å². The number of hydrogen-bond donors (Lipinski definition) is 4. The lowest BCUT2D eigenvalue weighted by Gasteiger charge is -2.35. The Kier molecular flexibility index (Phi) is 8.62. The van der Waals surface area contributed by atoms with Crippen LogP contribution in [0.5, 0.6) is 11.5 Å². The molecule has 5 N–H and O–H groups in total. The fourth-order valence-electron chi connectivity index (χ4n) is 6.60. The highest BCUT2D eigenvalue weighted by Crippen LogP contribution is 2.52. The van der Waals surface area contributed by atoms with E-state index in [1.54, 1.807) is 12.1 Å². The molecule has 2 aliphatic carbocycles. The Morgan fingerprint density at radius 3 is 2.47 bits per heavy atom. The number of benzene rings is 1. The number of pyridine rings is 1. The molecular formula is C33H41ClN6O7. The van der Waals surface area contributed by atoms with Crippen molar-refractivity contribution in [2.45, 2.75) is 90.6 Å². The van der Waals surface area contributed by atoms with E-state index in [0.29, 0.717) is 40.4 Å². The molecule has 0 spiro atoms. The van der Waals surface area contributed by atoms with Gasteiger partial charge in [0, 0.05) is 23.9 Å². The van der Waals surface area contributed by atoms with Crippen LogP contribution in [-0.4, -0.2) is 74.8 Å². The number of oxazole rings is 1. The van der Waals surface area contributed by atoms with Gasteiger partial charge in [-0.2, -0.15) is 4.98 Å². The van der Waals surface area contributed by atoms with Crippen molar-refractivity contribution in [2.24, 2.45) is 23.0 Å². The topological polar surface area (TPSA) is 182 Å². The van der Waals surface area contributed by atoms with Crippen LogP contribution in [0.25, 0.3) is 22.3 Å². The zero-order valence-electron chi connectivity index (χ0n) is 27.1. The summed E-state index contributed by atoms with van der Waals surface area (Å²) in [5, 5.41) is 16.7. The Hall–Kier alpha value is -4.26. The summed E-state index contributed by atoms with van der Waals surface area (Å²) in [5.74, 6) is 0.310. The minimum atomic E-state index is -0.984. The van der Waals surface area contributed by atoms with Crippen LogP contribution in [0.2, 0.25) is 5.02 Å². The lowest BCUT2D eigenvalue weighted by Crippen LogP contribution is -2.57. The number of halogens is 1. The average molecular weight is 669 g/mol. The summed E-state index contributed by atoms with van der Waals surface area (Å²) in [7, 11) is 0. The predicted octanol–water partition coefficient (Wildman–Crippen LogP) is 4.84. The molecule has 6 atom stereocenters. The van der Waals surface area contributed by atoms with E-state index in [4.69, 9.17) is 31.2 Å². The molecule has 3 heterocycles. The molecule has 3 fully saturated rings. The Morgan fingerprint density at radius 1 is 1.09 bits per heavy atom. The van der Waals surface area contributed by atoms with Crippen LogP contribution in [0.15, 0.2) is 28.9 Å². The summed E-state index contributed by atoms with van der Waals surface area (Å²) in [5.41, 5.74) is 6.14. The van der Waals surface area contributed by atoms with Gasteiger partial charge in [-0.1, -0.05) is 32.4 Å². The first-order valence-electron chi connectivity index (χ1n) is 16.0. The number of phenols is 1. The van der Waals surface area contributed by atoms with E-state index < -0.39 is 41.5 Å². The maximum atomic E-state index is 14.1. The van der Waals surface area contributed by atoms with Gasteiger partial charge < -0.3 is 40.3 Å². The number of nitrogens with zero attached hydrogens (tertiary/aromatic N) is 3. The van der Waals surface area contributed by atoms with Crippen molar-refractivity contribution in [3.8, 4) is 22.9 Å². The molecule has 0 unspecified atom stereocenters. The monoisotopic (exact) mass is 668 g/mol. The number of hydrogen-bond acceptors (Lipinski definition) is 10. The van der Waals surface area contributed by atoms with Crippen molar-refractivity contribution in [2.75, 3.05) is 11.9 Å². The number of anilines is 1. The molecule has 1 aliphatic heterocycles. The highest BCUT2D eigenvalue weighted by atomic mass is 35.5. The minimum absolute atomic E-state index is 0.0251. The number of carbonyl (C=O) groups is 3. The first-order chi connectivity index (χ1) is 22.2. The minimum Gasteiger partial charge on any atom is -0.506 e. The van der Waals surface area contributed by atoms with E-state index in [1.165, 1.54) is 23.7 Å². The van der Waals surface area contributed by atoms with E-state index in [-0.39, 0.29) is 41.4 Å². The van der Waals surface area contributed by atoms with E-state index >= 15 is 0 Å². The number of amides is 3. The number of likely N-dealkylation sites (tertiary alicyclic amines) is 1. The van der Waals surface area contributed by atoms with Gasteiger partial charge in [0.15, 0.2) is 0 Å². The molecule has 0 radical (unpaired) electrons. The number of primary amides is 1. The Labute approximate surface area is 277 Å². The molecule has 2 aromatic heterocycles. The number of rotatable bonds is 9. The second kappa shape index (κ2) is 12.4. The van der Waals surface area contributed by atoms with Crippen molar-refractivity contribution in [3.63, 3.8) is 0 Å². The highest BCUT2D eigenvalue weighted by molar-refractivity contribution is 6.36. The van der Waals surface area contributed by atoms with Crippen LogP contribution >= 0.6 is 11.6 Å². The van der Waals surface area contributed by atoms with Crippen LogP contribution < -0.4 is 21.1 Å². The second-order valence-corrected chi connectivity index (χ2v) is 14.6. The number of aromatic nitrogens is 2. The molecule has 14 heteroatoms. The molecule has 6 rings (SSSR count). The van der Waals surface area contributed by atoms with Gasteiger partial charge in [-0.25, -0.2) is 9.78 Å². The molecule has 13 nitrogen and oxygen atoms in total. The molecule has 0 bridgehead atoms. The third kappa shape index (κ3) is 6.90. The molecule has 2 saturated carbocycles. The lowest BCUT2D eigenvalue weighted by atomic mass is 9.85. The number of fused-ring (bicyclic) bond motifs is 2. The maximum Gasteiger partial charge on any atom is 0.408 e. The number of ether oxygens (including phenoxy) is 2. The third-order valence-electron chi connectivity index (χ3n) is 9.06. The zero-order chi connectivity index (χ0) is 33.8. The predicted molar refractivity (Wildman–Crippen MR) is 174 cm³/mol. The maximum absolute atomic E-state index is 14.1. The Morgan fingerprint density at radius 2 is 1.81 bits per heavy atom. The molecule has 3 aromatic rings. The molecular weight excluding hydrogens is 628 g/mol. The van der Waals surface area contributed by atoms with Crippen LogP contribution in [-0.2, 0) is 14.3 Å². The highest BCUT2D eigenvalue weighted by Gasteiger charge is 2.48. The van der Waals surface area contributed by atoms with Crippen LogP contribution in [0.3, 0.4) is 0 Å². The van der Waals surface area contributed by atoms with Crippen molar-refractivity contribution >= 4 is 46.4 Å². The summed E-state index contributed by atoms with van der Waals surface area (Å²) in [6.45, 7) is 9.43. The normalized spacial score (nSPS) is 24.2. The van der Waals surface area contributed by atoms with Gasteiger partial charge in [0.1, 0.15) is 52.8 Å². The number of nitrogens with two attached hydrogens (primary N) is 1. The van der Waals surface area contributed by atoms with Gasteiger partial charge in [-0.3, -0.25) is 9.59 Å². The SMILES string of the molecule is CC(C)Nc1nc(-c2cc(O[C@@H]3C[C@@H](C(N)=O)N(C(=O)[C@@H](NC(=O)O[C@@H]4C[C@@H]5C[C@@H]5C4)C(C)(C)C)C3)c3ccc(O)c(Cl)c3n2)co1.